The molecular weight excluding hydrogens is 373 g/mol. The topological polar surface area (TPSA) is 9.23 Å². The molecule has 0 aromatic heterocycles. The SMILES string of the molecule is Clc1cc(Cl)c(Cl)c(Oc2c(Cl)cccc2Cl)c1Cl. The number of rotatable bonds is 2. The van der Waals surface area contributed by atoms with Gasteiger partial charge in [0.15, 0.2) is 11.5 Å². The molecule has 0 saturated carbocycles. The summed E-state index contributed by atoms with van der Waals surface area (Å²) in [6.45, 7) is 0. The van der Waals surface area contributed by atoms with Crippen molar-refractivity contribution in [1.82, 2.24) is 0 Å². The molecule has 0 radical (unpaired) electrons. The van der Waals surface area contributed by atoms with E-state index < -0.39 is 0 Å². The van der Waals surface area contributed by atoms with Gasteiger partial charge in [0, 0.05) is 0 Å². The lowest BCUT2D eigenvalue weighted by Crippen LogP contribution is -1.90. The first-order valence-corrected chi connectivity index (χ1v) is 7.13. The zero-order valence-electron chi connectivity index (χ0n) is 8.99. The minimum Gasteiger partial charge on any atom is -0.451 e. The lowest BCUT2D eigenvalue weighted by atomic mass is 10.3. The second kappa shape index (κ2) is 6.17. The normalized spacial score (nSPS) is 10.6. The number of para-hydroxylation sites is 1. The Kier molecular flexibility index (Phi) is 4.99. The smallest absolute Gasteiger partial charge is 0.167 e. The molecule has 1 nitrogen and oxygen atoms in total. The summed E-state index contributed by atoms with van der Waals surface area (Å²) in [4.78, 5) is 0. The van der Waals surface area contributed by atoms with Crippen molar-refractivity contribution in [3.8, 4) is 11.5 Å². The average molecular weight is 377 g/mol. The molecule has 0 aliphatic heterocycles. The van der Waals surface area contributed by atoms with Crippen molar-refractivity contribution < 1.29 is 4.74 Å². The fourth-order valence-corrected chi connectivity index (χ4v) is 2.67. The summed E-state index contributed by atoms with van der Waals surface area (Å²) in [5.41, 5.74) is 0. The number of hydrogen-bond donors (Lipinski definition) is 0. The Morgan fingerprint density at radius 1 is 0.632 bits per heavy atom. The first-order valence-electron chi connectivity index (χ1n) is 4.86. The Morgan fingerprint density at radius 2 is 1.11 bits per heavy atom. The van der Waals surface area contributed by atoms with E-state index in [4.69, 9.17) is 74.3 Å². The molecule has 0 atom stereocenters. The van der Waals surface area contributed by atoms with Crippen LogP contribution in [0.15, 0.2) is 24.3 Å². The Hall–Kier alpha value is -0.0200. The van der Waals surface area contributed by atoms with Crippen molar-refractivity contribution >= 4 is 69.6 Å². The van der Waals surface area contributed by atoms with Crippen LogP contribution >= 0.6 is 69.6 Å². The maximum Gasteiger partial charge on any atom is 0.167 e. The van der Waals surface area contributed by atoms with Gasteiger partial charge in [0.05, 0.1) is 20.1 Å². The summed E-state index contributed by atoms with van der Waals surface area (Å²) < 4.78 is 5.57. The zero-order chi connectivity index (χ0) is 14.2. The van der Waals surface area contributed by atoms with E-state index in [1.807, 2.05) is 0 Å². The van der Waals surface area contributed by atoms with Gasteiger partial charge in [-0.05, 0) is 18.2 Å². The Labute approximate surface area is 139 Å². The number of benzene rings is 2. The third kappa shape index (κ3) is 3.18. The highest BCUT2D eigenvalue weighted by molar-refractivity contribution is 6.48. The molecule has 2 rings (SSSR count). The van der Waals surface area contributed by atoms with Crippen LogP contribution in [0.5, 0.6) is 11.5 Å². The van der Waals surface area contributed by atoms with Crippen LogP contribution in [0, 0.1) is 0 Å². The lowest BCUT2D eigenvalue weighted by molar-refractivity contribution is 0.484. The number of halogens is 6. The van der Waals surface area contributed by atoms with Gasteiger partial charge in [0.1, 0.15) is 10.0 Å². The monoisotopic (exact) mass is 374 g/mol. The lowest BCUT2D eigenvalue weighted by Gasteiger charge is -2.13. The van der Waals surface area contributed by atoms with E-state index in [1.165, 1.54) is 6.07 Å². The largest absolute Gasteiger partial charge is 0.451 e. The van der Waals surface area contributed by atoms with Crippen LogP contribution in [0.3, 0.4) is 0 Å². The summed E-state index contributed by atoms with van der Waals surface area (Å²) in [7, 11) is 0. The summed E-state index contributed by atoms with van der Waals surface area (Å²) in [6, 6.07) is 6.36. The van der Waals surface area contributed by atoms with Crippen LogP contribution in [0.25, 0.3) is 0 Å². The van der Waals surface area contributed by atoms with Crippen LogP contribution in [0.1, 0.15) is 0 Å². The van der Waals surface area contributed by atoms with Crippen molar-refractivity contribution in [3.05, 3.63) is 54.4 Å². The molecule has 0 unspecified atom stereocenters. The van der Waals surface area contributed by atoms with Crippen LogP contribution in [0.2, 0.25) is 30.1 Å². The highest BCUT2D eigenvalue weighted by atomic mass is 35.5. The van der Waals surface area contributed by atoms with Gasteiger partial charge in [-0.15, -0.1) is 0 Å². The summed E-state index contributed by atoms with van der Waals surface area (Å²) in [5.74, 6) is 0.337. The molecule has 0 N–H and O–H groups in total. The molecule has 0 fully saturated rings. The minimum absolute atomic E-state index is 0.107. The van der Waals surface area contributed by atoms with E-state index in [0.717, 1.165) is 0 Å². The van der Waals surface area contributed by atoms with Crippen molar-refractivity contribution in [2.24, 2.45) is 0 Å². The molecule has 0 saturated heterocycles. The van der Waals surface area contributed by atoms with Crippen molar-refractivity contribution in [3.63, 3.8) is 0 Å². The molecule has 0 bridgehead atoms. The molecule has 19 heavy (non-hydrogen) atoms. The highest BCUT2D eigenvalue weighted by Gasteiger charge is 2.18. The van der Waals surface area contributed by atoms with E-state index >= 15 is 0 Å². The second-order valence-corrected chi connectivity index (χ2v) is 5.83. The number of hydrogen-bond acceptors (Lipinski definition) is 1. The minimum atomic E-state index is 0.107. The van der Waals surface area contributed by atoms with Gasteiger partial charge in [-0.25, -0.2) is 0 Å². The van der Waals surface area contributed by atoms with Gasteiger partial charge in [-0.3, -0.25) is 0 Å². The zero-order valence-corrected chi connectivity index (χ0v) is 13.5. The first-order chi connectivity index (χ1) is 8.91. The van der Waals surface area contributed by atoms with Crippen LogP contribution in [-0.4, -0.2) is 0 Å². The van der Waals surface area contributed by atoms with Gasteiger partial charge >= 0.3 is 0 Å². The van der Waals surface area contributed by atoms with E-state index in [-0.39, 0.29) is 31.6 Å². The molecule has 0 aliphatic carbocycles. The molecule has 0 amide bonds. The maximum atomic E-state index is 6.04. The molecule has 2 aromatic carbocycles. The molecule has 0 spiro atoms. The van der Waals surface area contributed by atoms with E-state index in [9.17, 15) is 0 Å². The fraction of sp³-hybridized carbons (Fsp3) is 0. The van der Waals surface area contributed by atoms with Gasteiger partial charge in [0.2, 0.25) is 0 Å². The third-order valence-corrected chi connectivity index (χ3v) is 4.33. The molecule has 0 heterocycles. The molecular formula is C12H4Cl6O. The Balaban J connectivity index is 2.56. The van der Waals surface area contributed by atoms with E-state index in [2.05, 4.69) is 0 Å². The van der Waals surface area contributed by atoms with Crippen LogP contribution in [0.4, 0.5) is 0 Å². The third-order valence-electron chi connectivity index (χ3n) is 2.19. The van der Waals surface area contributed by atoms with Gasteiger partial charge in [-0.1, -0.05) is 75.7 Å². The van der Waals surface area contributed by atoms with Crippen LogP contribution in [-0.2, 0) is 0 Å². The predicted molar refractivity (Wildman–Crippen MR) is 83.0 cm³/mol. The van der Waals surface area contributed by atoms with Crippen molar-refractivity contribution in [2.75, 3.05) is 0 Å². The fourth-order valence-electron chi connectivity index (χ4n) is 1.32. The number of ether oxygens (including phenoxy) is 1. The second-order valence-electron chi connectivity index (χ2n) is 3.45. The standard InChI is InChI=1S/C12H4Cl6O/c13-5-2-1-3-6(14)11(5)19-12-9(17)7(15)4-8(16)10(12)18/h1-4H. The Morgan fingerprint density at radius 3 is 1.58 bits per heavy atom. The van der Waals surface area contributed by atoms with Crippen molar-refractivity contribution in [2.45, 2.75) is 0 Å². The quantitative estimate of drug-likeness (QED) is 0.496. The van der Waals surface area contributed by atoms with Gasteiger partial charge < -0.3 is 4.74 Å². The van der Waals surface area contributed by atoms with Crippen molar-refractivity contribution in [1.29, 1.82) is 0 Å². The van der Waals surface area contributed by atoms with Gasteiger partial charge in [-0.2, -0.15) is 0 Å². The molecule has 7 heteroatoms. The highest BCUT2D eigenvalue weighted by Crippen LogP contribution is 2.47. The Bertz CT molecular complexity index is 594. The first kappa shape index (κ1) is 15.4. The van der Waals surface area contributed by atoms with Crippen LogP contribution < -0.4 is 4.74 Å². The molecule has 2 aromatic rings. The molecule has 100 valence electrons. The predicted octanol–water partition coefficient (Wildman–Crippen LogP) is 7.40. The summed E-state index contributed by atoms with van der Waals surface area (Å²) in [6.07, 6.45) is 0. The van der Waals surface area contributed by atoms with Gasteiger partial charge in [0.25, 0.3) is 0 Å². The maximum absolute atomic E-state index is 6.04. The molecule has 0 aliphatic rings. The van der Waals surface area contributed by atoms with E-state index in [1.54, 1.807) is 18.2 Å². The summed E-state index contributed by atoms with van der Waals surface area (Å²) in [5, 5.41) is 1.33. The van der Waals surface area contributed by atoms with E-state index in [0.29, 0.717) is 10.0 Å². The average Bonchev–Trinajstić information content (AvgIpc) is 2.35. The summed E-state index contributed by atoms with van der Waals surface area (Å²) >= 11 is 35.9.